The van der Waals surface area contributed by atoms with E-state index in [0.29, 0.717) is 6.54 Å². The summed E-state index contributed by atoms with van der Waals surface area (Å²) in [6, 6.07) is 9.27. The van der Waals surface area contributed by atoms with E-state index in [4.69, 9.17) is 5.73 Å². The van der Waals surface area contributed by atoms with Gasteiger partial charge in [-0.2, -0.15) is 0 Å². The summed E-state index contributed by atoms with van der Waals surface area (Å²) >= 11 is 0. The average Bonchev–Trinajstić information content (AvgIpc) is 2.79. The Kier molecular flexibility index (Phi) is 3.64. The lowest BCUT2D eigenvalue weighted by Crippen LogP contribution is -2.53. The van der Waals surface area contributed by atoms with E-state index in [9.17, 15) is 4.79 Å². The number of anilines is 1. The molecular formula is C13H19N3O. The first kappa shape index (κ1) is 11.9. The maximum absolute atomic E-state index is 11.9. The summed E-state index contributed by atoms with van der Waals surface area (Å²) in [4.78, 5) is 11.9. The summed E-state index contributed by atoms with van der Waals surface area (Å²) in [5, 5.41) is 5.84. The van der Waals surface area contributed by atoms with Gasteiger partial charge in [-0.15, -0.1) is 0 Å². The summed E-state index contributed by atoms with van der Waals surface area (Å²) in [7, 11) is 0. The monoisotopic (exact) mass is 233 g/mol. The number of nitrogens with one attached hydrogen (secondary N) is 2. The zero-order valence-corrected chi connectivity index (χ0v) is 9.91. The van der Waals surface area contributed by atoms with Crippen LogP contribution in [-0.4, -0.2) is 18.1 Å². The van der Waals surface area contributed by atoms with Crippen molar-refractivity contribution in [1.29, 1.82) is 0 Å². The predicted octanol–water partition coefficient (Wildman–Crippen LogP) is 2.08. The molecule has 2 rings (SSSR count). The molecule has 1 fully saturated rings. The van der Waals surface area contributed by atoms with E-state index in [2.05, 4.69) is 10.6 Å². The van der Waals surface area contributed by atoms with E-state index < -0.39 is 0 Å². The molecule has 4 nitrogen and oxygen atoms in total. The molecule has 17 heavy (non-hydrogen) atoms. The molecule has 0 bridgehead atoms. The molecule has 1 aromatic carbocycles. The summed E-state index contributed by atoms with van der Waals surface area (Å²) < 4.78 is 0. The van der Waals surface area contributed by atoms with Gasteiger partial charge in [-0.3, -0.25) is 0 Å². The van der Waals surface area contributed by atoms with Crippen molar-refractivity contribution in [3.05, 3.63) is 30.3 Å². The van der Waals surface area contributed by atoms with Crippen LogP contribution >= 0.6 is 0 Å². The first-order valence-corrected chi connectivity index (χ1v) is 6.08. The summed E-state index contributed by atoms with van der Waals surface area (Å²) in [5.41, 5.74) is 6.37. The van der Waals surface area contributed by atoms with Crippen LogP contribution in [0.5, 0.6) is 0 Å². The molecule has 4 heteroatoms. The SMILES string of the molecule is NCC1(NC(=O)Nc2ccccc2)CCCC1. The number of urea groups is 1. The molecule has 1 aliphatic rings. The van der Waals surface area contributed by atoms with Crippen molar-refractivity contribution in [3.8, 4) is 0 Å². The lowest BCUT2D eigenvalue weighted by molar-refractivity contribution is 0.237. The number of hydrogen-bond donors (Lipinski definition) is 3. The quantitative estimate of drug-likeness (QED) is 0.748. The number of benzene rings is 1. The van der Waals surface area contributed by atoms with Crippen molar-refractivity contribution in [2.75, 3.05) is 11.9 Å². The van der Waals surface area contributed by atoms with Crippen molar-refractivity contribution in [3.63, 3.8) is 0 Å². The van der Waals surface area contributed by atoms with E-state index in [1.807, 2.05) is 30.3 Å². The number of para-hydroxylation sites is 1. The van der Waals surface area contributed by atoms with Gasteiger partial charge < -0.3 is 16.4 Å². The molecule has 0 spiro atoms. The Hall–Kier alpha value is -1.55. The van der Waals surface area contributed by atoms with Crippen molar-refractivity contribution in [2.24, 2.45) is 5.73 Å². The van der Waals surface area contributed by atoms with E-state index in [-0.39, 0.29) is 11.6 Å². The van der Waals surface area contributed by atoms with Crippen molar-refractivity contribution in [1.82, 2.24) is 5.32 Å². The third-order valence-corrected chi connectivity index (χ3v) is 3.36. The van der Waals surface area contributed by atoms with Crippen LogP contribution in [-0.2, 0) is 0 Å². The number of amides is 2. The molecule has 0 heterocycles. The summed E-state index contributed by atoms with van der Waals surface area (Å²) in [6.07, 6.45) is 4.24. The highest BCUT2D eigenvalue weighted by atomic mass is 16.2. The minimum absolute atomic E-state index is 0.163. The number of carbonyl (C=O) groups is 1. The minimum atomic E-state index is -0.196. The van der Waals surface area contributed by atoms with E-state index in [0.717, 1.165) is 31.4 Å². The fourth-order valence-electron chi connectivity index (χ4n) is 2.36. The molecule has 2 amide bonds. The first-order valence-electron chi connectivity index (χ1n) is 6.08. The standard InChI is InChI=1S/C13H19N3O/c14-10-13(8-4-5-9-13)16-12(17)15-11-6-2-1-3-7-11/h1-3,6-7H,4-5,8-10,14H2,(H2,15,16,17). The van der Waals surface area contributed by atoms with Gasteiger partial charge in [-0.25, -0.2) is 4.79 Å². The van der Waals surface area contributed by atoms with Crippen molar-refractivity contribution >= 4 is 11.7 Å². The van der Waals surface area contributed by atoms with Gasteiger partial charge in [-0.05, 0) is 25.0 Å². The predicted molar refractivity (Wildman–Crippen MR) is 68.8 cm³/mol. The van der Waals surface area contributed by atoms with Gasteiger partial charge >= 0.3 is 6.03 Å². The summed E-state index contributed by atoms with van der Waals surface area (Å²) in [6.45, 7) is 0.509. The summed E-state index contributed by atoms with van der Waals surface area (Å²) in [5.74, 6) is 0. The van der Waals surface area contributed by atoms with Crippen LogP contribution < -0.4 is 16.4 Å². The lowest BCUT2D eigenvalue weighted by atomic mass is 9.98. The van der Waals surface area contributed by atoms with Gasteiger partial charge in [0.1, 0.15) is 0 Å². The largest absolute Gasteiger partial charge is 0.331 e. The van der Waals surface area contributed by atoms with E-state index in [1.165, 1.54) is 0 Å². The van der Waals surface area contributed by atoms with Crippen LogP contribution in [0.3, 0.4) is 0 Å². The molecule has 0 unspecified atom stereocenters. The Morgan fingerprint density at radius 1 is 1.24 bits per heavy atom. The van der Waals surface area contributed by atoms with Crippen LogP contribution in [0.2, 0.25) is 0 Å². The van der Waals surface area contributed by atoms with E-state index >= 15 is 0 Å². The topological polar surface area (TPSA) is 67.1 Å². The molecule has 1 aromatic rings. The molecular weight excluding hydrogens is 214 g/mol. The van der Waals surface area contributed by atoms with Crippen LogP contribution in [0, 0.1) is 0 Å². The van der Waals surface area contributed by atoms with Crippen molar-refractivity contribution in [2.45, 2.75) is 31.2 Å². The van der Waals surface area contributed by atoms with Gasteiger partial charge in [0, 0.05) is 12.2 Å². The van der Waals surface area contributed by atoms with Crippen LogP contribution in [0.25, 0.3) is 0 Å². The van der Waals surface area contributed by atoms with Gasteiger partial charge in [0.15, 0.2) is 0 Å². The number of nitrogens with two attached hydrogens (primary N) is 1. The maximum Gasteiger partial charge on any atom is 0.319 e. The zero-order chi connectivity index (χ0) is 12.1. The second-order valence-corrected chi connectivity index (χ2v) is 4.64. The first-order chi connectivity index (χ1) is 8.24. The minimum Gasteiger partial charge on any atom is -0.331 e. The number of hydrogen-bond acceptors (Lipinski definition) is 2. The Morgan fingerprint density at radius 2 is 1.88 bits per heavy atom. The van der Waals surface area contributed by atoms with Crippen molar-refractivity contribution < 1.29 is 4.79 Å². The highest BCUT2D eigenvalue weighted by Gasteiger charge is 2.33. The molecule has 0 aliphatic heterocycles. The van der Waals surface area contributed by atoms with Gasteiger partial charge in [0.25, 0.3) is 0 Å². The Labute approximate surface area is 102 Å². The molecule has 1 saturated carbocycles. The maximum atomic E-state index is 11.9. The second-order valence-electron chi connectivity index (χ2n) is 4.64. The second kappa shape index (κ2) is 5.19. The third kappa shape index (κ3) is 2.97. The molecule has 0 aromatic heterocycles. The molecule has 1 aliphatic carbocycles. The normalized spacial score (nSPS) is 17.7. The molecule has 92 valence electrons. The molecule has 0 radical (unpaired) electrons. The van der Waals surface area contributed by atoms with Crippen LogP contribution in [0.1, 0.15) is 25.7 Å². The zero-order valence-electron chi connectivity index (χ0n) is 9.91. The van der Waals surface area contributed by atoms with E-state index in [1.54, 1.807) is 0 Å². The van der Waals surface area contributed by atoms with Crippen LogP contribution in [0.4, 0.5) is 10.5 Å². The Morgan fingerprint density at radius 3 is 2.47 bits per heavy atom. The fourth-order valence-corrected chi connectivity index (χ4v) is 2.36. The lowest BCUT2D eigenvalue weighted by Gasteiger charge is -2.28. The van der Waals surface area contributed by atoms with Crippen LogP contribution in [0.15, 0.2) is 30.3 Å². The highest BCUT2D eigenvalue weighted by Crippen LogP contribution is 2.28. The Bertz CT molecular complexity index is 372. The number of carbonyl (C=O) groups excluding carboxylic acids is 1. The van der Waals surface area contributed by atoms with Gasteiger partial charge in [0.2, 0.25) is 0 Å². The number of rotatable bonds is 3. The Balaban J connectivity index is 1.93. The fraction of sp³-hybridized carbons (Fsp3) is 0.462. The molecule has 0 atom stereocenters. The van der Waals surface area contributed by atoms with Gasteiger partial charge in [-0.1, -0.05) is 31.0 Å². The molecule has 0 saturated heterocycles. The smallest absolute Gasteiger partial charge is 0.319 e. The highest BCUT2D eigenvalue weighted by molar-refractivity contribution is 5.89. The molecule has 4 N–H and O–H groups in total. The third-order valence-electron chi connectivity index (χ3n) is 3.36. The van der Waals surface area contributed by atoms with Gasteiger partial charge in [0.05, 0.1) is 5.54 Å². The average molecular weight is 233 g/mol.